The fourth-order valence-corrected chi connectivity index (χ4v) is 2.93. The molecule has 2 rings (SSSR count). The van der Waals surface area contributed by atoms with Gasteiger partial charge in [0.25, 0.3) is 0 Å². The molecule has 0 atom stereocenters. The summed E-state index contributed by atoms with van der Waals surface area (Å²) >= 11 is 0. The molecule has 0 bridgehead atoms. The van der Waals surface area contributed by atoms with Crippen molar-refractivity contribution in [2.45, 2.75) is 53.9 Å². The second-order valence-electron chi connectivity index (χ2n) is 6.08. The number of aryl methyl sites for hydroxylation is 3. The molecule has 0 saturated carbocycles. The molecule has 1 nitrogen and oxygen atoms in total. The predicted octanol–water partition coefficient (Wildman–Crippen LogP) is 6.21. The fourth-order valence-electron chi connectivity index (χ4n) is 2.93. The second kappa shape index (κ2) is 12.5. The first kappa shape index (κ1) is 21.2. The summed E-state index contributed by atoms with van der Waals surface area (Å²) in [6.45, 7) is 12.5. The van der Waals surface area contributed by atoms with E-state index < -0.39 is 0 Å². The van der Waals surface area contributed by atoms with Crippen LogP contribution in [0.1, 0.15) is 56.4 Å². The Balaban J connectivity index is 0.00000151. The molecule has 0 aliphatic carbocycles. The summed E-state index contributed by atoms with van der Waals surface area (Å²) in [6.07, 6.45) is 5.67. The first-order valence-corrected chi connectivity index (χ1v) is 9.74. The topological polar surface area (TPSA) is 12.0 Å². The average Bonchev–Trinajstić information content (AvgIpc) is 2.67. The van der Waals surface area contributed by atoms with Crippen LogP contribution >= 0.6 is 0 Å². The first-order chi connectivity index (χ1) is 12.2. The highest BCUT2D eigenvalue weighted by Gasteiger charge is 2.03. The zero-order valence-electron chi connectivity index (χ0n) is 16.7. The van der Waals surface area contributed by atoms with Crippen LogP contribution in [-0.4, -0.2) is 13.1 Å². The summed E-state index contributed by atoms with van der Waals surface area (Å²) in [7, 11) is 0. The van der Waals surface area contributed by atoms with Gasteiger partial charge in [-0.05, 0) is 67.5 Å². The van der Waals surface area contributed by atoms with Gasteiger partial charge >= 0.3 is 0 Å². The molecule has 0 aliphatic rings. The summed E-state index contributed by atoms with van der Waals surface area (Å²) in [5.74, 6) is 0. The predicted molar refractivity (Wildman–Crippen MR) is 113 cm³/mol. The first-order valence-electron chi connectivity index (χ1n) is 9.74. The van der Waals surface area contributed by atoms with Crippen molar-refractivity contribution in [3.05, 3.63) is 76.9 Å². The van der Waals surface area contributed by atoms with Gasteiger partial charge in [-0.1, -0.05) is 75.4 Å². The smallest absolute Gasteiger partial charge is 0.0208 e. The Labute approximate surface area is 155 Å². The Morgan fingerprint density at radius 3 is 2.40 bits per heavy atom. The molecule has 0 heterocycles. The molecular formula is C24H35N. The highest BCUT2D eigenvalue weighted by Crippen LogP contribution is 2.17. The van der Waals surface area contributed by atoms with Crippen molar-refractivity contribution < 1.29 is 0 Å². The van der Waals surface area contributed by atoms with Crippen molar-refractivity contribution in [1.29, 1.82) is 0 Å². The number of allylic oxidation sites excluding steroid dienone is 1. The molecule has 0 radical (unpaired) electrons. The lowest BCUT2D eigenvalue weighted by Crippen LogP contribution is -2.18. The lowest BCUT2D eigenvalue weighted by atomic mass is 10.0. The summed E-state index contributed by atoms with van der Waals surface area (Å²) < 4.78 is 0. The summed E-state index contributed by atoms with van der Waals surface area (Å²) in [4.78, 5) is 0. The number of nitrogens with one attached hydrogen (secondary N) is 1. The monoisotopic (exact) mass is 337 g/mol. The maximum absolute atomic E-state index is 3.59. The molecule has 0 unspecified atom stereocenters. The standard InChI is InChI=1S/C22H29N.C2H6/c1-4-19-11-8-12-20(16-19)13-9-15-23-17-21(5-2)22-14-7-6-10-18(22)3;1-2/h5-8,10-12,14,16,23H,4,9,13,15,17H2,1-3H3;1-2H3/b21-5-;. The van der Waals surface area contributed by atoms with Gasteiger partial charge in [-0.25, -0.2) is 0 Å². The number of rotatable bonds is 8. The minimum absolute atomic E-state index is 0.941. The molecule has 0 spiro atoms. The lowest BCUT2D eigenvalue weighted by molar-refractivity contribution is 0.696. The minimum atomic E-state index is 0.941. The molecule has 0 fully saturated rings. The van der Waals surface area contributed by atoms with E-state index in [9.17, 15) is 0 Å². The molecule has 1 N–H and O–H groups in total. The van der Waals surface area contributed by atoms with Crippen LogP contribution in [0.15, 0.2) is 54.6 Å². The van der Waals surface area contributed by atoms with Crippen LogP contribution in [0.3, 0.4) is 0 Å². The highest BCUT2D eigenvalue weighted by molar-refractivity contribution is 5.69. The fraction of sp³-hybridized carbons (Fsp3) is 0.417. The zero-order chi connectivity index (χ0) is 18.5. The molecule has 2 aromatic rings. The largest absolute Gasteiger partial charge is 0.313 e. The quantitative estimate of drug-likeness (QED) is 0.565. The van der Waals surface area contributed by atoms with E-state index in [2.05, 4.69) is 80.7 Å². The SMILES string of the molecule is C/C=C(/CNCCCc1cccc(CC)c1)c1ccccc1C.CC. The molecule has 0 aliphatic heterocycles. The van der Waals surface area contributed by atoms with E-state index in [0.717, 1.165) is 25.9 Å². The molecular weight excluding hydrogens is 302 g/mol. The Morgan fingerprint density at radius 2 is 1.72 bits per heavy atom. The maximum Gasteiger partial charge on any atom is 0.0208 e. The van der Waals surface area contributed by atoms with Crippen LogP contribution in [0.4, 0.5) is 0 Å². The second-order valence-corrected chi connectivity index (χ2v) is 6.08. The Bertz CT molecular complexity index is 640. The molecule has 25 heavy (non-hydrogen) atoms. The van der Waals surface area contributed by atoms with Gasteiger partial charge in [0.2, 0.25) is 0 Å². The Kier molecular flexibility index (Phi) is 10.6. The van der Waals surface area contributed by atoms with Crippen molar-refractivity contribution in [3.63, 3.8) is 0 Å². The van der Waals surface area contributed by atoms with Crippen LogP contribution in [0.5, 0.6) is 0 Å². The molecule has 0 saturated heterocycles. The molecule has 136 valence electrons. The third-order valence-corrected chi connectivity index (χ3v) is 4.37. The van der Waals surface area contributed by atoms with Crippen molar-refractivity contribution >= 4 is 5.57 Å². The number of hydrogen-bond donors (Lipinski definition) is 1. The van der Waals surface area contributed by atoms with Gasteiger partial charge in [0, 0.05) is 6.54 Å². The van der Waals surface area contributed by atoms with Crippen LogP contribution in [0.2, 0.25) is 0 Å². The highest BCUT2D eigenvalue weighted by atomic mass is 14.8. The third kappa shape index (κ3) is 7.27. The van der Waals surface area contributed by atoms with E-state index in [1.165, 1.54) is 34.2 Å². The van der Waals surface area contributed by atoms with Crippen LogP contribution in [0.25, 0.3) is 5.57 Å². The molecule has 1 heteroatoms. The Morgan fingerprint density at radius 1 is 1.00 bits per heavy atom. The zero-order valence-corrected chi connectivity index (χ0v) is 16.7. The van der Waals surface area contributed by atoms with Gasteiger partial charge in [-0.15, -0.1) is 0 Å². The van der Waals surface area contributed by atoms with E-state index in [4.69, 9.17) is 0 Å². The van der Waals surface area contributed by atoms with E-state index >= 15 is 0 Å². The van der Waals surface area contributed by atoms with E-state index in [1.807, 2.05) is 13.8 Å². The number of benzene rings is 2. The van der Waals surface area contributed by atoms with Crippen LogP contribution in [-0.2, 0) is 12.8 Å². The normalized spacial score (nSPS) is 11.0. The van der Waals surface area contributed by atoms with E-state index in [-0.39, 0.29) is 0 Å². The van der Waals surface area contributed by atoms with Crippen LogP contribution in [0, 0.1) is 6.92 Å². The summed E-state index contributed by atoms with van der Waals surface area (Å²) in [5, 5.41) is 3.59. The van der Waals surface area contributed by atoms with Gasteiger partial charge in [0.1, 0.15) is 0 Å². The molecule has 2 aromatic carbocycles. The number of hydrogen-bond acceptors (Lipinski definition) is 1. The van der Waals surface area contributed by atoms with Crippen molar-refractivity contribution in [3.8, 4) is 0 Å². The van der Waals surface area contributed by atoms with Gasteiger partial charge < -0.3 is 5.32 Å². The van der Waals surface area contributed by atoms with Gasteiger partial charge in [0.05, 0.1) is 0 Å². The molecule has 0 amide bonds. The summed E-state index contributed by atoms with van der Waals surface area (Å²) in [6, 6.07) is 17.6. The van der Waals surface area contributed by atoms with Gasteiger partial charge in [-0.3, -0.25) is 0 Å². The van der Waals surface area contributed by atoms with Crippen molar-refractivity contribution in [2.24, 2.45) is 0 Å². The van der Waals surface area contributed by atoms with Crippen LogP contribution < -0.4 is 5.32 Å². The van der Waals surface area contributed by atoms with E-state index in [1.54, 1.807) is 0 Å². The third-order valence-electron chi connectivity index (χ3n) is 4.37. The van der Waals surface area contributed by atoms with E-state index in [0.29, 0.717) is 0 Å². The van der Waals surface area contributed by atoms with Crippen molar-refractivity contribution in [2.75, 3.05) is 13.1 Å². The lowest BCUT2D eigenvalue weighted by Gasteiger charge is -2.12. The minimum Gasteiger partial charge on any atom is -0.313 e. The summed E-state index contributed by atoms with van der Waals surface area (Å²) in [5.41, 5.74) is 6.98. The van der Waals surface area contributed by atoms with Gasteiger partial charge in [-0.2, -0.15) is 0 Å². The van der Waals surface area contributed by atoms with Crippen molar-refractivity contribution in [1.82, 2.24) is 5.32 Å². The maximum atomic E-state index is 3.59. The Hall–Kier alpha value is -1.86. The average molecular weight is 338 g/mol. The van der Waals surface area contributed by atoms with Gasteiger partial charge in [0.15, 0.2) is 0 Å². The molecule has 0 aromatic heterocycles.